The topological polar surface area (TPSA) is 124 Å². The van der Waals surface area contributed by atoms with Crippen molar-refractivity contribution < 1.29 is 30.4 Å². The number of carbonyl (C=O) groups excluding carboxylic acids is 1. The minimum absolute atomic E-state index is 0.0334. The van der Waals surface area contributed by atoms with E-state index in [0.717, 1.165) is 35.4 Å². The van der Waals surface area contributed by atoms with Gasteiger partial charge in [-0.05, 0) is 54.8 Å². The number of piperidine rings is 1. The van der Waals surface area contributed by atoms with Gasteiger partial charge >= 0.3 is 0 Å². The van der Waals surface area contributed by atoms with E-state index in [4.69, 9.17) is 5.26 Å². The van der Waals surface area contributed by atoms with Crippen LogP contribution < -0.4 is 9.62 Å². The van der Waals surface area contributed by atoms with Gasteiger partial charge in [-0.15, -0.1) is 0 Å². The molecule has 1 heterocycles. The number of halogens is 2. The second kappa shape index (κ2) is 10.0. The lowest BCUT2D eigenvalue weighted by Gasteiger charge is -2.32. The predicted octanol–water partition coefficient (Wildman–Crippen LogP) is 3.38. The lowest BCUT2D eigenvalue weighted by atomic mass is 10.0. The molecule has 0 radical (unpaired) electrons. The lowest BCUT2D eigenvalue weighted by Crippen LogP contribution is -2.52. The zero-order valence-electron chi connectivity index (χ0n) is 19.5. The molecule has 0 bridgehead atoms. The van der Waals surface area contributed by atoms with Crippen molar-refractivity contribution in [3.63, 3.8) is 0 Å². The standard InChI is InChI=1S/C25H21F2N3O5S2/c1-36(32,33)24-7-3-2-5-19(24)16-8-11-23(21(27)14-16)30-12-4-6-22(25(30)31)29-37(34,35)18-9-10-20(26)17(13-18)15-28/h2-3,5,7-11,13-14,22,29H,4,6,12H2,1H3. The van der Waals surface area contributed by atoms with Crippen molar-refractivity contribution in [3.8, 4) is 17.2 Å². The van der Waals surface area contributed by atoms with Crippen molar-refractivity contribution in [1.82, 2.24) is 4.72 Å². The molecule has 3 aromatic carbocycles. The third-order valence-corrected chi connectivity index (χ3v) is 8.56. The molecular formula is C25H21F2N3O5S2. The van der Waals surface area contributed by atoms with Crippen LogP contribution in [-0.2, 0) is 24.7 Å². The smallest absolute Gasteiger partial charge is 0.245 e. The first-order valence-electron chi connectivity index (χ1n) is 11.0. The van der Waals surface area contributed by atoms with Gasteiger partial charge in [-0.3, -0.25) is 4.79 Å². The lowest BCUT2D eigenvalue weighted by molar-refractivity contribution is -0.121. The van der Waals surface area contributed by atoms with E-state index in [0.29, 0.717) is 17.5 Å². The molecule has 1 atom stereocenters. The van der Waals surface area contributed by atoms with E-state index in [2.05, 4.69) is 4.72 Å². The van der Waals surface area contributed by atoms with Gasteiger partial charge in [-0.25, -0.2) is 25.6 Å². The molecule has 0 aromatic heterocycles. The summed E-state index contributed by atoms with van der Waals surface area (Å²) >= 11 is 0. The quantitative estimate of drug-likeness (QED) is 0.507. The van der Waals surface area contributed by atoms with Crippen LogP contribution in [0.15, 0.2) is 70.5 Å². The molecule has 1 fully saturated rings. The maximum Gasteiger partial charge on any atom is 0.245 e. The Labute approximate surface area is 213 Å². The number of anilines is 1. The van der Waals surface area contributed by atoms with Gasteiger partial charge in [0, 0.05) is 18.4 Å². The monoisotopic (exact) mass is 545 g/mol. The molecule has 0 saturated carbocycles. The first-order valence-corrected chi connectivity index (χ1v) is 14.4. The Kier molecular flexibility index (Phi) is 7.14. The number of nitriles is 1. The normalized spacial score (nSPS) is 16.4. The Morgan fingerprint density at radius 3 is 2.41 bits per heavy atom. The summed E-state index contributed by atoms with van der Waals surface area (Å²) in [4.78, 5) is 13.9. The molecule has 1 saturated heterocycles. The van der Waals surface area contributed by atoms with Gasteiger partial charge in [-0.2, -0.15) is 9.98 Å². The number of benzene rings is 3. The van der Waals surface area contributed by atoms with Gasteiger partial charge in [0.1, 0.15) is 23.7 Å². The largest absolute Gasteiger partial charge is 0.308 e. The molecule has 1 unspecified atom stereocenters. The second-order valence-corrected chi connectivity index (χ2v) is 12.2. The van der Waals surface area contributed by atoms with Crippen molar-refractivity contribution >= 4 is 31.5 Å². The summed E-state index contributed by atoms with van der Waals surface area (Å²) in [6.45, 7) is 0.141. The van der Waals surface area contributed by atoms with Crippen LogP contribution in [0.1, 0.15) is 18.4 Å². The third kappa shape index (κ3) is 5.39. The number of hydrogen-bond acceptors (Lipinski definition) is 6. The fourth-order valence-electron chi connectivity index (χ4n) is 4.16. The van der Waals surface area contributed by atoms with E-state index >= 15 is 4.39 Å². The number of carbonyl (C=O) groups is 1. The highest BCUT2D eigenvalue weighted by atomic mass is 32.2. The van der Waals surface area contributed by atoms with Gasteiger partial charge in [-0.1, -0.05) is 24.3 Å². The van der Waals surface area contributed by atoms with Crippen LogP contribution in [0, 0.1) is 23.0 Å². The van der Waals surface area contributed by atoms with E-state index in [1.165, 1.54) is 18.2 Å². The third-order valence-electron chi connectivity index (χ3n) is 5.94. The van der Waals surface area contributed by atoms with Gasteiger partial charge in [0.2, 0.25) is 15.9 Å². The molecule has 4 rings (SSSR count). The number of hydrogen-bond donors (Lipinski definition) is 1. The predicted molar refractivity (Wildman–Crippen MR) is 132 cm³/mol. The SMILES string of the molecule is CS(=O)(=O)c1ccccc1-c1ccc(N2CCCC(NS(=O)(=O)c3ccc(F)c(C#N)c3)C2=O)c(F)c1. The van der Waals surface area contributed by atoms with E-state index < -0.39 is 49.0 Å². The fourth-order valence-corrected chi connectivity index (χ4v) is 6.32. The number of amides is 1. The van der Waals surface area contributed by atoms with Crippen LogP contribution >= 0.6 is 0 Å². The molecular weight excluding hydrogens is 524 g/mol. The van der Waals surface area contributed by atoms with Crippen LogP contribution in [-0.4, -0.2) is 41.6 Å². The number of nitrogens with zero attached hydrogens (tertiary/aromatic N) is 2. The van der Waals surface area contributed by atoms with Crippen LogP contribution in [0.3, 0.4) is 0 Å². The molecule has 0 aliphatic carbocycles. The minimum Gasteiger partial charge on any atom is -0.308 e. The summed E-state index contributed by atoms with van der Waals surface area (Å²) in [6.07, 6.45) is 1.57. The maximum absolute atomic E-state index is 15.2. The maximum atomic E-state index is 15.2. The highest BCUT2D eigenvalue weighted by Crippen LogP contribution is 2.32. The highest BCUT2D eigenvalue weighted by molar-refractivity contribution is 7.91. The van der Waals surface area contributed by atoms with Crippen molar-refractivity contribution in [3.05, 3.63) is 77.9 Å². The Morgan fingerprint density at radius 1 is 1.00 bits per heavy atom. The van der Waals surface area contributed by atoms with Gasteiger partial charge in [0.05, 0.1) is 21.0 Å². The average molecular weight is 546 g/mol. The van der Waals surface area contributed by atoms with Crippen LogP contribution in [0.25, 0.3) is 11.1 Å². The second-order valence-electron chi connectivity index (χ2n) is 8.49. The Hall–Kier alpha value is -3.66. The highest BCUT2D eigenvalue weighted by Gasteiger charge is 2.34. The number of rotatable bonds is 6. The fraction of sp³-hybridized carbons (Fsp3) is 0.200. The molecule has 12 heteroatoms. The number of nitrogens with one attached hydrogen (secondary N) is 1. The Bertz CT molecular complexity index is 1650. The molecule has 1 aliphatic rings. The summed E-state index contributed by atoms with van der Waals surface area (Å²) in [6, 6.07) is 13.2. The van der Waals surface area contributed by atoms with E-state index in [1.54, 1.807) is 24.3 Å². The van der Waals surface area contributed by atoms with Gasteiger partial charge in [0.25, 0.3) is 0 Å². The van der Waals surface area contributed by atoms with Gasteiger partial charge in [0.15, 0.2) is 9.84 Å². The summed E-state index contributed by atoms with van der Waals surface area (Å²) in [7, 11) is -7.86. The van der Waals surface area contributed by atoms with Gasteiger partial charge < -0.3 is 4.90 Å². The molecule has 8 nitrogen and oxygen atoms in total. The summed E-state index contributed by atoms with van der Waals surface area (Å²) in [5.74, 6) is -2.34. The molecule has 1 amide bonds. The Morgan fingerprint density at radius 2 is 1.73 bits per heavy atom. The van der Waals surface area contributed by atoms with E-state index in [-0.39, 0.29) is 28.4 Å². The van der Waals surface area contributed by atoms with Crippen molar-refractivity contribution in [2.45, 2.75) is 28.7 Å². The van der Waals surface area contributed by atoms with E-state index in [9.17, 15) is 26.0 Å². The first kappa shape index (κ1) is 26.4. The number of sulfonamides is 1. The molecule has 1 N–H and O–H groups in total. The zero-order chi connectivity index (χ0) is 27.0. The molecule has 1 aliphatic heterocycles. The van der Waals surface area contributed by atoms with Crippen LogP contribution in [0.2, 0.25) is 0 Å². The Balaban J connectivity index is 1.61. The molecule has 0 spiro atoms. The summed E-state index contributed by atoms with van der Waals surface area (Å²) < 4.78 is 81.0. The number of sulfone groups is 1. The molecule has 3 aromatic rings. The molecule has 192 valence electrons. The first-order chi connectivity index (χ1) is 17.4. The average Bonchev–Trinajstić information content (AvgIpc) is 2.85. The van der Waals surface area contributed by atoms with Crippen molar-refractivity contribution in [2.24, 2.45) is 0 Å². The minimum atomic E-state index is -4.29. The van der Waals surface area contributed by atoms with Crippen molar-refractivity contribution in [1.29, 1.82) is 5.26 Å². The summed E-state index contributed by atoms with van der Waals surface area (Å²) in [5, 5.41) is 8.97. The summed E-state index contributed by atoms with van der Waals surface area (Å²) in [5.41, 5.74) is 0.0674. The van der Waals surface area contributed by atoms with Crippen molar-refractivity contribution in [2.75, 3.05) is 17.7 Å². The van der Waals surface area contributed by atoms with Crippen LogP contribution in [0.5, 0.6) is 0 Å². The van der Waals surface area contributed by atoms with Crippen LogP contribution in [0.4, 0.5) is 14.5 Å². The zero-order valence-corrected chi connectivity index (χ0v) is 21.1. The van der Waals surface area contributed by atoms with E-state index in [1.807, 2.05) is 0 Å². The molecule has 37 heavy (non-hydrogen) atoms.